The van der Waals surface area contributed by atoms with E-state index < -0.39 is 5.97 Å². The van der Waals surface area contributed by atoms with Gasteiger partial charge in [-0.25, -0.2) is 4.79 Å². The largest absolute Gasteiger partial charge is 0.504 e. The van der Waals surface area contributed by atoms with Crippen LogP contribution in [0.1, 0.15) is 44.2 Å². The van der Waals surface area contributed by atoms with Crippen molar-refractivity contribution in [2.45, 2.75) is 39.2 Å². The van der Waals surface area contributed by atoms with Gasteiger partial charge in [-0.15, -0.1) is 0 Å². The van der Waals surface area contributed by atoms with Gasteiger partial charge in [0.1, 0.15) is 0 Å². The van der Waals surface area contributed by atoms with Crippen LogP contribution in [0.2, 0.25) is 0 Å². The van der Waals surface area contributed by atoms with Crippen LogP contribution in [0.15, 0.2) is 48.5 Å². The number of carbonyl (C=O) groups is 2. The van der Waals surface area contributed by atoms with Crippen LogP contribution in [0.25, 0.3) is 11.6 Å². The Balaban J connectivity index is 1.81. The number of aromatic hydroxyl groups is 1. The average Bonchev–Trinajstić information content (AvgIpc) is 2.78. The monoisotopic (exact) mass is 423 g/mol. The summed E-state index contributed by atoms with van der Waals surface area (Å²) in [7, 11) is 0. The van der Waals surface area contributed by atoms with Crippen LogP contribution in [0, 0.1) is 0 Å². The predicted octanol–water partition coefficient (Wildman–Crippen LogP) is 4.28. The fourth-order valence-electron chi connectivity index (χ4n) is 3.69. The quantitative estimate of drug-likeness (QED) is 0.409. The molecule has 3 rings (SSSR count). The van der Waals surface area contributed by atoms with Gasteiger partial charge < -0.3 is 19.5 Å². The molecule has 1 heterocycles. The minimum atomic E-state index is -0.574. The van der Waals surface area contributed by atoms with Gasteiger partial charge in [-0.05, 0) is 62.4 Å². The van der Waals surface area contributed by atoms with E-state index in [1.807, 2.05) is 44.2 Å². The summed E-state index contributed by atoms with van der Waals surface area (Å²) < 4.78 is 10.9. The van der Waals surface area contributed by atoms with Crippen LogP contribution in [0.3, 0.4) is 0 Å². The molecule has 0 bridgehead atoms. The van der Waals surface area contributed by atoms with E-state index in [2.05, 4.69) is 0 Å². The SMILES string of the molecule is CCOc1cc(/C=C(/C(=O)OCC(=O)N2CCCC[C@H]2C)c2ccccc2)ccc1O. The first-order chi connectivity index (χ1) is 15.0. The minimum absolute atomic E-state index is 0.0316. The van der Waals surface area contributed by atoms with Gasteiger partial charge in [0.05, 0.1) is 12.2 Å². The highest BCUT2D eigenvalue weighted by Gasteiger charge is 2.24. The van der Waals surface area contributed by atoms with Gasteiger partial charge in [0, 0.05) is 12.6 Å². The molecule has 0 radical (unpaired) electrons. The number of ether oxygens (including phenoxy) is 2. The van der Waals surface area contributed by atoms with Gasteiger partial charge in [0.15, 0.2) is 18.1 Å². The number of benzene rings is 2. The van der Waals surface area contributed by atoms with Crippen molar-refractivity contribution in [1.29, 1.82) is 0 Å². The number of nitrogens with zero attached hydrogens (tertiary/aromatic N) is 1. The Labute approximate surface area is 183 Å². The summed E-state index contributed by atoms with van der Waals surface area (Å²) in [5.74, 6) is -0.373. The topological polar surface area (TPSA) is 76.1 Å². The van der Waals surface area contributed by atoms with Crippen molar-refractivity contribution in [2.24, 2.45) is 0 Å². The zero-order valence-corrected chi connectivity index (χ0v) is 18.0. The summed E-state index contributed by atoms with van der Waals surface area (Å²) in [5, 5.41) is 9.94. The van der Waals surface area contributed by atoms with E-state index in [9.17, 15) is 14.7 Å². The molecule has 31 heavy (non-hydrogen) atoms. The number of likely N-dealkylation sites (tertiary alicyclic amines) is 1. The lowest BCUT2D eigenvalue weighted by Gasteiger charge is -2.33. The molecular formula is C25H29NO5. The van der Waals surface area contributed by atoms with Gasteiger partial charge >= 0.3 is 5.97 Å². The molecule has 6 heteroatoms. The number of hydrogen-bond donors (Lipinski definition) is 1. The number of rotatable bonds is 7. The van der Waals surface area contributed by atoms with Gasteiger partial charge in [-0.1, -0.05) is 36.4 Å². The van der Waals surface area contributed by atoms with Gasteiger partial charge in [-0.3, -0.25) is 4.79 Å². The third-order valence-electron chi connectivity index (χ3n) is 5.35. The Morgan fingerprint density at radius 2 is 1.94 bits per heavy atom. The Morgan fingerprint density at radius 1 is 1.16 bits per heavy atom. The summed E-state index contributed by atoms with van der Waals surface area (Å²) >= 11 is 0. The van der Waals surface area contributed by atoms with E-state index in [0.29, 0.717) is 35.6 Å². The number of hydrogen-bond acceptors (Lipinski definition) is 5. The summed E-state index contributed by atoms with van der Waals surface area (Å²) in [6, 6.07) is 14.2. The lowest BCUT2D eigenvalue weighted by molar-refractivity contribution is -0.149. The van der Waals surface area contributed by atoms with Crippen molar-refractivity contribution in [3.8, 4) is 11.5 Å². The van der Waals surface area contributed by atoms with Crippen LogP contribution in [-0.4, -0.2) is 47.7 Å². The molecule has 0 spiro atoms. The van der Waals surface area contributed by atoms with Gasteiger partial charge in [0.25, 0.3) is 5.91 Å². The summed E-state index contributed by atoms with van der Waals surface area (Å²) in [5.41, 5.74) is 1.68. The first kappa shape index (κ1) is 22.4. The molecule has 2 aromatic rings. The predicted molar refractivity (Wildman–Crippen MR) is 120 cm³/mol. The van der Waals surface area contributed by atoms with Crippen molar-refractivity contribution in [3.63, 3.8) is 0 Å². The lowest BCUT2D eigenvalue weighted by atomic mass is 10.0. The van der Waals surface area contributed by atoms with Crippen LogP contribution < -0.4 is 4.74 Å². The fraction of sp³-hybridized carbons (Fsp3) is 0.360. The molecule has 0 saturated carbocycles. The summed E-state index contributed by atoms with van der Waals surface area (Å²) in [6.45, 7) is 4.68. The minimum Gasteiger partial charge on any atom is -0.504 e. The van der Waals surface area contributed by atoms with Crippen molar-refractivity contribution < 1.29 is 24.2 Å². The number of piperidine rings is 1. The Bertz CT molecular complexity index is 938. The highest BCUT2D eigenvalue weighted by atomic mass is 16.5. The maximum absolute atomic E-state index is 13.0. The molecular weight excluding hydrogens is 394 g/mol. The van der Waals surface area contributed by atoms with Crippen LogP contribution in [-0.2, 0) is 14.3 Å². The van der Waals surface area contributed by atoms with Crippen LogP contribution in [0.4, 0.5) is 0 Å². The molecule has 1 aliphatic heterocycles. The van der Waals surface area contributed by atoms with Crippen molar-refractivity contribution in [2.75, 3.05) is 19.8 Å². The Morgan fingerprint density at radius 3 is 2.65 bits per heavy atom. The third-order valence-corrected chi connectivity index (χ3v) is 5.35. The fourth-order valence-corrected chi connectivity index (χ4v) is 3.69. The average molecular weight is 424 g/mol. The van der Waals surface area contributed by atoms with Crippen LogP contribution in [0.5, 0.6) is 11.5 Å². The highest BCUT2D eigenvalue weighted by molar-refractivity contribution is 6.21. The summed E-state index contributed by atoms with van der Waals surface area (Å²) in [4.78, 5) is 27.3. The molecule has 6 nitrogen and oxygen atoms in total. The second kappa shape index (κ2) is 10.7. The number of phenols is 1. The molecule has 2 aromatic carbocycles. The van der Waals surface area contributed by atoms with Gasteiger partial charge in [-0.2, -0.15) is 0 Å². The molecule has 1 fully saturated rings. The number of carbonyl (C=O) groups excluding carboxylic acids is 2. The van der Waals surface area contributed by atoms with E-state index in [0.717, 1.165) is 19.3 Å². The standard InChI is InChI=1S/C25H29NO5/c1-3-30-23-16-19(12-13-22(23)27)15-21(20-10-5-4-6-11-20)25(29)31-17-24(28)26-14-8-7-9-18(26)2/h4-6,10-13,15-16,18,27H,3,7-9,14,17H2,1-2H3/b21-15+/t18-/m1/s1. The summed E-state index contributed by atoms with van der Waals surface area (Å²) in [6.07, 6.45) is 4.73. The first-order valence-electron chi connectivity index (χ1n) is 10.7. The zero-order valence-electron chi connectivity index (χ0n) is 18.0. The number of phenolic OH excluding ortho intramolecular Hbond substituents is 1. The van der Waals surface area contributed by atoms with E-state index in [-0.39, 0.29) is 24.3 Å². The maximum atomic E-state index is 13.0. The molecule has 1 amide bonds. The molecule has 1 saturated heterocycles. The Kier molecular flexibility index (Phi) is 7.70. The van der Waals surface area contributed by atoms with E-state index in [1.165, 1.54) is 6.07 Å². The van der Waals surface area contributed by atoms with Crippen molar-refractivity contribution in [1.82, 2.24) is 4.90 Å². The highest BCUT2D eigenvalue weighted by Crippen LogP contribution is 2.29. The van der Waals surface area contributed by atoms with E-state index in [4.69, 9.17) is 9.47 Å². The molecule has 1 atom stereocenters. The maximum Gasteiger partial charge on any atom is 0.339 e. The molecule has 0 aliphatic carbocycles. The van der Waals surface area contributed by atoms with E-state index in [1.54, 1.807) is 23.1 Å². The van der Waals surface area contributed by atoms with E-state index >= 15 is 0 Å². The second-order valence-electron chi connectivity index (χ2n) is 7.59. The number of amides is 1. The molecule has 1 N–H and O–H groups in total. The molecule has 0 aromatic heterocycles. The Hall–Kier alpha value is -3.28. The molecule has 0 unspecified atom stereocenters. The van der Waals surface area contributed by atoms with Crippen LogP contribution >= 0.6 is 0 Å². The second-order valence-corrected chi connectivity index (χ2v) is 7.59. The van der Waals surface area contributed by atoms with Crippen molar-refractivity contribution in [3.05, 3.63) is 59.7 Å². The third kappa shape index (κ3) is 5.87. The smallest absolute Gasteiger partial charge is 0.339 e. The first-order valence-corrected chi connectivity index (χ1v) is 10.7. The lowest BCUT2D eigenvalue weighted by Crippen LogP contribution is -2.44. The molecule has 1 aliphatic rings. The molecule has 164 valence electrons. The number of esters is 1. The zero-order chi connectivity index (χ0) is 22.2. The van der Waals surface area contributed by atoms with Crippen molar-refractivity contribution >= 4 is 23.5 Å². The van der Waals surface area contributed by atoms with Gasteiger partial charge in [0.2, 0.25) is 0 Å². The normalized spacial score (nSPS) is 16.6.